The van der Waals surface area contributed by atoms with Crippen LogP contribution in [0.1, 0.15) is 0 Å². The van der Waals surface area contributed by atoms with Crippen molar-refractivity contribution in [3.8, 4) is 0 Å². The van der Waals surface area contributed by atoms with E-state index >= 15 is 0 Å². The second-order valence-corrected chi connectivity index (χ2v) is 3.11. The number of aromatic nitrogens is 1. The van der Waals surface area contributed by atoms with E-state index < -0.39 is 0 Å². The van der Waals surface area contributed by atoms with Crippen molar-refractivity contribution in [3.63, 3.8) is 0 Å². The summed E-state index contributed by atoms with van der Waals surface area (Å²) in [5.41, 5.74) is 0. The van der Waals surface area contributed by atoms with Crippen LogP contribution in [-0.4, -0.2) is 31.2 Å². The van der Waals surface area contributed by atoms with Crippen molar-refractivity contribution >= 4 is 11.6 Å². The van der Waals surface area contributed by atoms with Gasteiger partial charge in [-0.15, -0.1) is 0 Å². The SMILES string of the molecule is C1CNCCN1.Clc1cccnc1. The maximum atomic E-state index is 5.48. The Bertz CT molecular complexity index is 200. The molecule has 3 nitrogen and oxygen atoms in total. The maximum absolute atomic E-state index is 5.48. The van der Waals surface area contributed by atoms with Gasteiger partial charge in [-0.25, -0.2) is 0 Å². The minimum atomic E-state index is 0.683. The van der Waals surface area contributed by atoms with Crippen molar-refractivity contribution in [2.24, 2.45) is 0 Å². The van der Waals surface area contributed by atoms with Gasteiger partial charge in [-0.05, 0) is 12.1 Å². The molecule has 0 spiro atoms. The van der Waals surface area contributed by atoms with Gasteiger partial charge in [0.25, 0.3) is 0 Å². The molecule has 2 rings (SSSR count). The smallest absolute Gasteiger partial charge is 0.0589 e. The zero-order chi connectivity index (χ0) is 9.36. The summed E-state index contributed by atoms with van der Waals surface area (Å²) in [5, 5.41) is 7.13. The minimum Gasteiger partial charge on any atom is -0.314 e. The number of pyridine rings is 1. The molecular formula is C9H14ClN3. The summed E-state index contributed by atoms with van der Waals surface area (Å²) in [6.07, 6.45) is 3.29. The molecule has 1 aromatic heterocycles. The Hall–Kier alpha value is -0.640. The summed E-state index contributed by atoms with van der Waals surface area (Å²) in [7, 11) is 0. The molecule has 1 aliphatic rings. The molecule has 0 unspecified atom stereocenters. The van der Waals surface area contributed by atoms with Crippen LogP contribution in [0, 0.1) is 0 Å². The molecule has 0 atom stereocenters. The van der Waals surface area contributed by atoms with E-state index in [1.807, 2.05) is 0 Å². The first-order valence-corrected chi connectivity index (χ1v) is 4.74. The van der Waals surface area contributed by atoms with Crippen LogP contribution in [0.5, 0.6) is 0 Å². The van der Waals surface area contributed by atoms with Crippen molar-refractivity contribution < 1.29 is 0 Å². The van der Waals surface area contributed by atoms with E-state index in [4.69, 9.17) is 11.6 Å². The molecule has 1 aromatic rings. The molecule has 0 saturated carbocycles. The Balaban J connectivity index is 0.000000132. The normalized spacial score (nSPS) is 15.8. The molecule has 0 radical (unpaired) electrons. The average molecular weight is 200 g/mol. The van der Waals surface area contributed by atoms with E-state index in [-0.39, 0.29) is 0 Å². The van der Waals surface area contributed by atoms with E-state index in [0.29, 0.717) is 5.02 Å². The van der Waals surface area contributed by atoms with Crippen LogP contribution in [0.4, 0.5) is 0 Å². The third-order valence-electron chi connectivity index (χ3n) is 1.58. The van der Waals surface area contributed by atoms with Crippen LogP contribution in [0.3, 0.4) is 0 Å². The molecule has 0 bridgehead atoms. The second-order valence-electron chi connectivity index (χ2n) is 2.67. The van der Waals surface area contributed by atoms with Crippen LogP contribution >= 0.6 is 11.6 Å². The molecule has 0 aliphatic carbocycles. The summed E-state index contributed by atoms with van der Waals surface area (Å²) in [6.45, 7) is 4.56. The van der Waals surface area contributed by atoms with Crippen molar-refractivity contribution in [1.82, 2.24) is 15.6 Å². The minimum absolute atomic E-state index is 0.683. The molecule has 4 heteroatoms. The molecule has 1 aliphatic heterocycles. The van der Waals surface area contributed by atoms with Gasteiger partial charge in [-0.2, -0.15) is 0 Å². The second kappa shape index (κ2) is 6.83. The van der Waals surface area contributed by atoms with Gasteiger partial charge in [-0.1, -0.05) is 11.6 Å². The van der Waals surface area contributed by atoms with Gasteiger partial charge < -0.3 is 10.6 Å². The number of rotatable bonds is 0. The van der Waals surface area contributed by atoms with E-state index in [1.54, 1.807) is 24.5 Å². The summed E-state index contributed by atoms with van der Waals surface area (Å²) in [6, 6.07) is 3.58. The van der Waals surface area contributed by atoms with E-state index in [9.17, 15) is 0 Å². The van der Waals surface area contributed by atoms with Gasteiger partial charge in [0.1, 0.15) is 0 Å². The fourth-order valence-electron chi connectivity index (χ4n) is 0.945. The predicted molar refractivity (Wildman–Crippen MR) is 55.0 cm³/mol. The van der Waals surface area contributed by atoms with Crippen molar-refractivity contribution in [3.05, 3.63) is 29.5 Å². The Morgan fingerprint density at radius 2 is 1.77 bits per heavy atom. The highest BCUT2D eigenvalue weighted by Gasteiger charge is 1.91. The van der Waals surface area contributed by atoms with Gasteiger partial charge >= 0.3 is 0 Å². The topological polar surface area (TPSA) is 37.0 Å². The Kier molecular flexibility index (Phi) is 5.49. The first-order chi connectivity index (χ1) is 6.39. The lowest BCUT2D eigenvalue weighted by atomic mass is 10.4. The molecule has 1 saturated heterocycles. The molecule has 2 N–H and O–H groups in total. The highest BCUT2D eigenvalue weighted by Crippen LogP contribution is 2.00. The van der Waals surface area contributed by atoms with Crippen LogP contribution in [-0.2, 0) is 0 Å². The van der Waals surface area contributed by atoms with E-state index in [1.165, 1.54) is 0 Å². The fraction of sp³-hybridized carbons (Fsp3) is 0.444. The molecule has 0 amide bonds. The molecular weight excluding hydrogens is 186 g/mol. The number of halogens is 1. The highest BCUT2D eigenvalue weighted by molar-refractivity contribution is 6.30. The highest BCUT2D eigenvalue weighted by atomic mass is 35.5. The van der Waals surface area contributed by atoms with Crippen molar-refractivity contribution in [2.75, 3.05) is 26.2 Å². The van der Waals surface area contributed by atoms with Crippen molar-refractivity contribution in [2.45, 2.75) is 0 Å². The average Bonchev–Trinajstić information content (AvgIpc) is 2.22. The Morgan fingerprint density at radius 3 is 2.00 bits per heavy atom. The van der Waals surface area contributed by atoms with E-state index in [0.717, 1.165) is 26.2 Å². The summed E-state index contributed by atoms with van der Waals surface area (Å²) >= 11 is 5.48. The lowest BCUT2D eigenvalue weighted by Gasteiger charge is -2.11. The van der Waals surface area contributed by atoms with Crippen LogP contribution in [0.15, 0.2) is 24.5 Å². The first-order valence-electron chi connectivity index (χ1n) is 4.36. The molecule has 72 valence electrons. The quantitative estimate of drug-likeness (QED) is 0.653. The summed E-state index contributed by atoms with van der Waals surface area (Å²) < 4.78 is 0. The fourth-order valence-corrected chi connectivity index (χ4v) is 1.07. The van der Waals surface area contributed by atoms with Crippen molar-refractivity contribution in [1.29, 1.82) is 0 Å². The number of hydrogen-bond donors (Lipinski definition) is 2. The van der Waals surface area contributed by atoms with Crippen LogP contribution in [0.25, 0.3) is 0 Å². The Labute approximate surface area is 83.5 Å². The molecule has 13 heavy (non-hydrogen) atoms. The zero-order valence-electron chi connectivity index (χ0n) is 7.46. The third kappa shape index (κ3) is 5.58. The number of hydrogen-bond acceptors (Lipinski definition) is 3. The maximum Gasteiger partial charge on any atom is 0.0589 e. The van der Waals surface area contributed by atoms with Crippen LogP contribution in [0.2, 0.25) is 5.02 Å². The third-order valence-corrected chi connectivity index (χ3v) is 1.81. The Morgan fingerprint density at radius 1 is 1.15 bits per heavy atom. The molecule has 2 heterocycles. The molecule has 0 aromatic carbocycles. The van der Waals surface area contributed by atoms with Gasteiger partial charge in [-0.3, -0.25) is 4.98 Å². The largest absolute Gasteiger partial charge is 0.314 e. The predicted octanol–water partition coefficient (Wildman–Crippen LogP) is 0.914. The van der Waals surface area contributed by atoms with Gasteiger partial charge in [0.2, 0.25) is 0 Å². The van der Waals surface area contributed by atoms with Gasteiger partial charge in [0, 0.05) is 38.6 Å². The summed E-state index contributed by atoms with van der Waals surface area (Å²) in [4.78, 5) is 3.75. The number of nitrogens with one attached hydrogen (secondary N) is 2. The lowest BCUT2D eigenvalue weighted by molar-refractivity contribution is 0.534. The summed E-state index contributed by atoms with van der Waals surface area (Å²) in [5.74, 6) is 0. The first kappa shape index (κ1) is 10.4. The lowest BCUT2D eigenvalue weighted by Crippen LogP contribution is -2.39. The van der Waals surface area contributed by atoms with Crippen LogP contribution < -0.4 is 10.6 Å². The number of nitrogens with zero attached hydrogens (tertiary/aromatic N) is 1. The zero-order valence-corrected chi connectivity index (χ0v) is 8.22. The standard InChI is InChI=1S/C5H4ClN.C4H10N2/c6-5-2-1-3-7-4-5;1-2-6-4-3-5-1/h1-4H;5-6H,1-4H2. The van der Waals surface area contributed by atoms with Gasteiger partial charge in [0.15, 0.2) is 0 Å². The monoisotopic (exact) mass is 199 g/mol. The van der Waals surface area contributed by atoms with Gasteiger partial charge in [0.05, 0.1) is 5.02 Å². The van der Waals surface area contributed by atoms with E-state index in [2.05, 4.69) is 15.6 Å². The number of piperazine rings is 1. The molecule has 1 fully saturated rings.